The minimum Gasteiger partial charge on any atom is -0.455 e. The number of carbonyl (C=O) groups excluding carboxylic acids is 1. The van der Waals surface area contributed by atoms with Gasteiger partial charge in [0.1, 0.15) is 28.3 Å². The number of urea groups is 1. The van der Waals surface area contributed by atoms with Crippen molar-refractivity contribution in [3.8, 4) is 17.2 Å². The number of H-pyrrole nitrogens is 1. The third kappa shape index (κ3) is 4.95. The maximum Gasteiger partial charge on any atom is 0.400 e. The summed E-state index contributed by atoms with van der Waals surface area (Å²) in [5.74, 6) is -0.581. The number of carbonyl (C=O) groups is 1. The average Bonchev–Trinajstić information content (AvgIpc) is 3.66. The molecule has 0 unspecified atom stereocenters. The highest BCUT2D eigenvalue weighted by molar-refractivity contribution is 5.99. The van der Waals surface area contributed by atoms with Gasteiger partial charge in [-0.3, -0.25) is 10.1 Å². The van der Waals surface area contributed by atoms with Crippen molar-refractivity contribution in [3.05, 3.63) is 94.9 Å². The molecule has 3 aromatic heterocycles. The Kier molecular flexibility index (Phi) is 6.16. The van der Waals surface area contributed by atoms with Crippen LogP contribution in [0.15, 0.2) is 77.9 Å². The summed E-state index contributed by atoms with van der Waals surface area (Å²) in [6.07, 6.45) is -2.25. The van der Waals surface area contributed by atoms with Crippen LogP contribution in [0.4, 0.5) is 33.9 Å². The number of ether oxygens (including phenoxy) is 1. The fourth-order valence-electron chi connectivity index (χ4n) is 4.34. The van der Waals surface area contributed by atoms with E-state index in [4.69, 9.17) is 4.74 Å². The number of pyridine rings is 1. The molecule has 0 atom stereocenters. The van der Waals surface area contributed by atoms with E-state index in [-0.39, 0.29) is 52.7 Å². The fraction of sp³-hybridized carbons (Fsp3) is 0.148. The van der Waals surface area contributed by atoms with E-state index in [1.165, 1.54) is 35.1 Å². The first kappa shape index (κ1) is 26.0. The zero-order valence-electron chi connectivity index (χ0n) is 20.9. The lowest BCUT2D eigenvalue weighted by Crippen LogP contribution is -2.29. The van der Waals surface area contributed by atoms with Gasteiger partial charge in [-0.05, 0) is 37.1 Å². The van der Waals surface area contributed by atoms with E-state index >= 15 is 0 Å². The number of rotatable bonds is 6. The molecule has 2 aromatic carbocycles. The van der Waals surface area contributed by atoms with E-state index in [0.29, 0.717) is 5.69 Å². The van der Waals surface area contributed by atoms with Crippen LogP contribution in [-0.4, -0.2) is 36.9 Å². The molecule has 1 aliphatic carbocycles. The van der Waals surface area contributed by atoms with Gasteiger partial charge in [0.25, 0.3) is 5.56 Å². The number of anilines is 2. The van der Waals surface area contributed by atoms with E-state index in [9.17, 15) is 27.2 Å². The number of nitrogens with one attached hydrogen (secondary N) is 3. The van der Waals surface area contributed by atoms with Crippen LogP contribution in [0.2, 0.25) is 0 Å². The number of hydrogen-bond acceptors (Lipinski definition) is 6. The van der Waals surface area contributed by atoms with Crippen molar-refractivity contribution in [1.29, 1.82) is 0 Å². The average molecular weight is 565 g/mol. The first-order valence-corrected chi connectivity index (χ1v) is 12.3. The Morgan fingerprint density at radius 2 is 1.80 bits per heavy atom. The predicted molar refractivity (Wildman–Crippen MR) is 140 cm³/mol. The summed E-state index contributed by atoms with van der Waals surface area (Å²) in [5.41, 5.74) is -2.06. The number of alkyl halides is 3. The van der Waals surface area contributed by atoms with Crippen LogP contribution in [0.5, 0.6) is 11.5 Å². The molecular formula is C27H19F4N7O3. The highest BCUT2D eigenvalue weighted by atomic mass is 19.4. The molecular weight excluding hydrogens is 546 g/mol. The van der Waals surface area contributed by atoms with Gasteiger partial charge in [-0.1, -0.05) is 18.2 Å². The highest BCUT2D eigenvalue weighted by Gasteiger charge is 2.66. The second-order valence-corrected chi connectivity index (χ2v) is 9.32. The third-order valence-corrected chi connectivity index (χ3v) is 6.59. The summed E-state index contributed by atoms with van der Waals surface area (Å²) in [6.45, 7) is 0. The number of hydrogen-bond donors (Lipinski definition) is 3. The summed E-state index contributed by atoms with van der Waals surface area (Å²) < 4.78 is 63.1. The lowest BCUT2D eigenvalue weighted by Gasteiger charge is -2.16. The summed E-state index contributed by atoms with van der Waals surface area (Å²) in [7, 11) is 0. The highest BCUT2D eigenvalue weighted by Crippen LogP contribution is 2.58. The van der Waals surface area contributed by atoms with Crippen LogP contribution in [0, 0.1) is 5.82 Å². The van der Waals surface area contributed by atoms with E-state index in [2.05, 4.69) is 30.7 Å². The number of para-hydroxylation sites is 1. The predicted octanol–water partition coefficient (Wildman–Crippen LogP) is 5.67. The second kappa shape index (κ2) is 9.73. The summed E-state index contributed by atoms with van der Waals surface area (Å²) in [4.78, 5) is 34.8. The molecule has 0 aliphatic heterocycles. The van der Waals surface area contributed by atoms with Crippen molar-refractivity contribution >= 4 is 28.7 Å². The van der Waals surface area contributed by atoms with Crippen LogP contribution in [0.25, 0.3) is 16.9 Å². The van der Waals surface area contributed by atoms with Crippen molar-refractivity contribution in [2.24, 2.45) is 0 Å². The lowest BCUT2D eigenvalue weighted by atomic mass is 10.0. The normalized spacial score (nSPS) is 14.0. The van der Waals surface area contributed by atoms with Crippen LogP contribution in [-0.2, 0) is 5.41 Å². The van der Waals surface area contributed by atoms with E-state index < -0.39 is 29.0 Å². The van der Waals surface area contributed by atoms with Gasteiger partial charge in [0.15, 0.2) is 11.4 Å². The number of fused-ring (bicyclic) bond motifs is 1. The summed E-state index contributed by atoms with van der Waals surface area (Å²) in [6, 6.07) is 13.8. The molecule has 3 N–H and O–H groups in total. The molecule has 14 heteroatoms. The number of aromatic amines is 1. The minimum atomic E-state index is -4.49. The molecule has 0 spiro atoms. The Labute approximate surface area is 228 Å². The number of amides is 2. The molecule has 41 heavy (non-hydrogen) atoms. The molecule has 3 heterocycles. The lowest BCUT2D eigenvalue weighted by molar-refractivity contribution is -0.161. The Morgan fingerprint density at radius 1 is 1.02 bits per heavy atom. The first-order chi connectivity index (χ1) is 19.6. The van der Waals surface area contributed by atoms with Crippen LogP contribution in [0.1, 0.15) is 18.5 Å². The zero-order valence-corrected chi connectivity index (χ0v) is 20.9. The van der Waals surface area contributed by atoms with Gasteiger partial charge in [0, 0.05) is 24.4 Å². The maximum absolute atomic E-state index is 14.9. The van der Waals surface area contributed by atoms with Crippen LogP contribution in [0.3, 0.4) is 0 Å². The zero-order chi connectivity index (χ0) is 28.8. The molecule has 0 radical (unpaired) electrons. The molecule has 0 saturated heterocycles. The molecule has 1 fully saturated rings. The first-order valence-electron chi connectivity index (χ1n) is 12.3. The molecule has 0 bridgehead atoms. The van der Waals surface area contributed by atoms with E-state index in [1.807, 2.05) is 0 Å². The minimum absolute atomic E-state index is 0.0188. The molecule has 10 nitrogen and oxygen atoms in total. The largest absolute Gasteiger partial charge is 0.455 e. The number of halogens is 4. The number of aromatic nitrogens is 5. The van der Waals surface area contributed by atoms with E-state index in [1.54, 1.807) is 30.3 Å². The Hall–Kier alpha value is -5.27. The quantitative estimate of drug-likeness (QED) is 0.228. The van der Waals surface area contributed by atoms with Crippen molar-refractivity contribution in [3.63, 3.8) is 0 Å². The summed E-state index contributed by atoms with van der Waals surface area (Å²) in [5, 5.41) is 9.00. The fourth-order valence-corrected chi connectivity index (χ4v) is 4.34. The monoisotopic (exact) mass is 565 g/mol. The Balaban J connectivity index is 1.22. The molecule has 1 saturated carbocycles. The third-order valence-electron chi connectivity index (χ3n) is 6.59. The van der Waals surface area contributed by atoms with Gasteiger partial charge >= 0.3 is 12.2 Å². The SMILES string of the molecule is O=C(Nc1ccc(Oc2ccnc3[nH]c(=O)cnc23)cc1F)Nc1cc(C2(C(F)(F)F)CC2)nn1-c1ccccc1. The van der Waals surface area contributed by atoms with E-state index in [0.717, 1.165) is 12.3 Å². The van der Waals surface area contributed by atoms with Gasteiger partial charge in [0.05, 0.1) is 23.3 Å². The number of nitrogens with zero attached hydrogens (tertiary/aromatic N) is 4. The van der Waals surface area contributed by atoms with Gasteiger partial charge in [-0.15, -0.1) is 0 Å². The summed E-state index contributed by atoms with van der Waals surface area (Å²) >= 11 is 0. The maximum atomic E-state index is 14.9. The van der Waals surface area contributed by atoms with Crippen molar-refractivity contribution in [1.82, 2.24) is 24.7 Å². The molecule has 1 aliphatic rings. The number of benzene rings is 2. The standard InChI is InChI=1S/C27H19F4N7O3/c28-17-12-16(41-19-8-11-32-24-23(19)33-14-22(39)36-24)6-7-18(17)34-25(40)35-21-13-20(26(9-10-26)27(29,30)31)37-38(21)15-4-2-1-3-5-15/h1-8,11-14H,9-10H2,(H,32,36,39)(H2,34,35,40). The van der Waals surface area contributed by atoms with Gasteiger partial charge in [0.2, 0.25) is 0 Å². The van der Waals surface area contributed by atoms with Gasteiger partial charge in [-0.25, -0.2) is 23.8 Å². The Bertz CT molecular complexity index is 1830. The molecule has 2 amide bonds. The smallest absolute Gasteiger partial charge is 0.400 e. The Morgan fingerprint density at radius 3 is 2.51 bits per heavy atom. The molecule has 5 aromatic rings. The van der Waals surface area contributed by atoms with Crippen LogP contribution >= 0.6 is 0 Å². The molecule has 6 rings (SSSR count). The van der Waals surface area contributed by atoms with Crippen molar-refractivity contribution < 1.29 is 27.1 Å². The van der Waals surface area contributed by atoms with Gasteiger partial charge < -0.3 is 15.0 Å². The van der Waals surface area contributed by atoms with Crippen molar-refractivity contribution in [2.45, 2.75) is 24.4 Å². The molecule has 208 valence electrons. The topological polar surface area (TPSA) is 127 Å². The van der Waals surface area contributed by atoms with Crippen LogP contribution < -0.4 is 20.9 Å². The van der Waals surface area contributed by atoms with Gasteiger partial charge in [-0.2, -0.15) is 18.3 Å². The van der Waals surface area contributed by atoms with Crippen molar-refractivity contribution in [2.75, 3.05) is 10.6 Å². The second-order valence-electron chi connectivity index (χ2n) is 9.32.